The van der Waals surface area contributed by atoms with Gasteiger partial charge in [-0.05, 0) is 37.1 Å². The highest BCUT2D eigenvalue weighted by Gasteiger charge is 2.31. The standard InChI is InChI=1S/C12H18N2O2/c13-8-12(6-1-7-16-9-12)14-10-2-4-11(15)5-3-10/h2-5,14-15H,1,6-9,13H2. The van der Waals surface area contributed by atoms with E-state index in [0.29, 0.717) is 13.2 Å². The van der Waals surface area contributed by atoms with E-state index in [4.69, 9.17) is 10.5 Å². The van der Waals surface area contributed by atoms with Crippen LogP contribution in [-0.4, -0.2) is 30.4 Å². The van der Waals surface area contributed by atoms with E-state index < -0.39 is 0 Å². The zero-order valence-electron chi connectivity index (χ0n) is 9.28. The first-order valence-electron chi connectivity index (χ1n) is 5.59. The summed E-state index contributed by atoms with van der Waals surface area (Å²) in [6.45, 7) is 2.01. The largest absolute Gasteiger partial charge is 0.508 e. The van der Waals surface area contributed by atoms with Crippen LogP contribution in [0.4, 0.5) is 5.69 Å². The molecule has 0 spiro atoms. The quantitative estimate of drug-likeness (QED) is 0.675. The van der Waals surface area contributed by atoms with Gasteiger partial charge in [0.25, 0.3) is 0 Å². The minimum absolute atomic E-state index is 0.158. The smallest absolute Gasteiger partial charge is 0.115 e. The summed E-state index contributed by atoms with van der Waals surface area (Å²) in [6.07, 6.45) is 2.05. The third-order valence-corrected chi connectivity index (χ3v) is 2.99. The Morgan fingerprint density at radius 3 is 2.69 bits per heavy atom. The van der Waals surface area contributed by atoms with Crippen LogP contribution >= 0.6 is 0 Å². The Kier molecular flexibility index (Phi) is 3.31. The van der Waals surface area contributed by atoms with Gasteiger partial charge in [-0.2, -0.15) is 0 Å². The molecule has 4 heteroatoms. The van der Waals surface area contributed by atoms with Crippen LogP contribution in [-0.2, 0) is 4.74 Å². The van der Waals surface area contributed by atoms with Crippen LogP contribution in [0.15, 0.2) is 24.3 Å². The summed E-state index contributed by atoms with van der Waals surface area (Å²) in [6, 6.07) is 7.02. The second kappa shape index (κ2) is 4.72. The van der Waals surface area contributed by atoms with Crippen LogP contribution in [0.25, 0.3) is 0 Å². The van der Waals surface area contributed by atoms with Crippen LogP contribution in [0, 0.1) is 0 Å². The molecule has 4 nitrogen and oxygen atoms in total. The highest BCUT2D eigenvalue weighted by molar-refractivity contribution is 5.48. The maximum absolute atomic E-state index is 9.21. The van der Waals surface area contributed by atoms with Gasteiger partial charge in [-0.25, -0.2) is 0 Å². The van der Waals surface area contributed by atoms with Crippen LogP contribution < -0.4 is 11.1 Å². The average Bonchev–Trinajstić information content (AvgIpc) is 2.33. The first-order chi connectivity index (χ1) is 7.74. The number of hydrogen-bond acceptors (Lipinski definition) is 4. The third kappa shape index (κ3) is 2.46. The number of hydrogen-bond donors (Lipinski definition) is 3. The molecule has 1 heterocycles. The Labute approximate surface area is 95.4 Å². The second-order valence-electron chi connectivity index (χ2n) is 4.31. The number of ether oxygens (including phenoxy) is 1. The van der Waals surface area contributed by atoms with Gasteiger partial charge in [0.2, 0.25) is 0 Å². The molecule has 0 saturated carbocycles. The molecular formula is C12H18N2O2. The van der Waals surface area contributed by atoms with Gasteiger partial charge in [-0.3, -0.25) is 0 Å². The Morgan fingerprint density at radius 1 is 1.38 bits per heavy atom. The zero-order chi connectivity index (χ0) is 11.4. The molecule has 2 rings (SSSR count). The molecule has 1 aliphatic rings. The number of nitrogens with one attached hydrogen (secondary N) is 1. The molecule has 0 radical (unpaired) electrons. The van der Waals surface area contributed by atoms with Crippen molar-refractivity contribution >= 4 is 5.69 Å². The van der Waals surface area contributed by atoms with Gasteiger partial charge in [-0.15, -0.1) is 0 Å². The van der Waals surface area contributed by atoms with Gasteiger partial charge in [0.05, 0.1) is 12.1 Å². The van der Waals surface area contributed by atoms with E-state index in [-0.39, 0.29) is 11.3 Å². The minimum Gasteiger partial charge on any atom is -0.508 e. The van der Waals surface area contributed by atoms with Crippen molar-refractivity contribution in [3.05, 3.63) is 24.3 Å². The van der Waals surface area contributed by atoms with Crippen molar-refractivity contribution in [1.82, 2.24) is 0 Å². The van der Waals surface area contributed by atoms with Crippen molar-refractivity contribution in [2.45, 2.75) is 18.4 Å². The molecule has 88 valence electrons. The normalized spacial score (nSPS) is 25.3. The summed E-state index contributed by atoms with van der Waals surface area (Å²) < 4.78 is 5.48. The summed E-state index contributed by atoms with van der Waals surface area (Å²) in [5, 5.41) is 12.6. The molecule has 0 bridgehead atoms. The summed E-state index contributed by atoms with van der Waals surface area (Å²) in [7, 11) is 0. The van der Waals surface area contributed by atoms with Crippen LogP contribution in [0.2, 0.25) is 0 Å². The molecule has 1 aliphatic heterocycles. The molecule has 0 aliphatic carbocycles. The van der Waals surface area contributed by atoms with Crippen molar-refractivity contribution in [1.29, 1.82) is 0 Å². The van der Waals surface area contributed by atoms with E-state index in [9.17, 15) is 5.11 Å². The molecule has 1 fully saturated rings. The lowest BCUT2D eigenvalue weighted by Gasteiger charge is -2.37. The highest BCUT2D eigenvalue weighted by Crippen LogP contribution is 2.24. The monoisotopic (exact) mass is 222 g/mol. The fourth-order valence-corrected chi connectivity index (χ4v) is 2.01. The van der Waals surface area contributed by atoms with E-state index in [1.54, 1.807) is 12.1 Å². The predicted octanol–water partition coefficient (Wildman–Crippen LogP) is 1.31. The predicted molar refractivity (Wildman–Crippen MR) is 63.6 cm³/mol. The fraction of sp³-hybridized carbons (Fsp3) is 0.500. The lowest BCUT2D eigenvalue weighted by molar-refractivity contribution is 0.0502. The minimum atomic E-state index is -0.158. The maximum Gasteiger partial charge on any atom is 0.115 e. The van der Waals surface area contributed by atoms with Crippen molar-refractivity contribution in [3.8, 4) is 5.75 Å². The lowest BCUT2D eigenvalue weighted by Crippen LogP contribution is -2.51. The number of anilines is 1. The van der Waals surface area contributed by atoms with Crippen LogP contribution in [0.3, 0.4) is 0 Å². The number of phenols is 1. The number of benzene rings is 1. The number of nitrogens with two attached hydrogens (primary N) is 1. The topological polar surface area (TPSA) is 67.5 Å². The van der Waals surface area contributed by atoms with Gasteiger partial charge >= 0.3 is 0 Å². The third-order valence-electron chi connectivity index (χ3n) is 2.99. The first kappa shape index (κ1) is 11.2. The van der Waals surface area contributed by atoms with Gasteiger partial charge in [0.1, 0.15) is 5.75 Å². The van der Waals surface area contributed by atoms with Gasteiger partial charge in [0, 0.05) is 18.8 Å². The molecule has 1 atom stereocenters. The molecule has 1 unspecified atom stereocenters. The second-order valence-corrected chi connectivity index (χ2v) is 4.31. The van der Waals surface area contributed by atoms with E-state index in [0.717, 1.165) is 25.1 Å². The maximum atomic E-state index is 9.21. The Balaban J connectivity index is 2.08. The molecule has 1 aromatic rings. The van der Waals surface area contributed by atoms with Crippen LogP contribution in [0.5, 0.6) is 5.75 Å². The van der Waals surface area contributed by atoms with Crippen molar-refractivity contribution < 1.29 is 9.84 Å². The number of phenolic OH excluding ortho intramolecular Hbond substituents is 1. The van der Waals surface area contributed by atoms with Crippen LogP contribution in [0.1, 0.15) is 12.8 Å². The Morgan fingerprint density at radius 2 is 2.12 bits per heavy atom. The Bertz CT molecular complexity index is 331. The molecule has 0 amide bonds. The molecule has 0 aromatic heterocycles. The lowest BCUT2D eigenvalue weighted by atomic mass is 9.92. The number of aromatic hydroxyl groups is 1. The van der Waals surface area contributed by atoms with E-state index in [2.05, 4.69) is 5.32 Å². The summed E-state index contributed by atoms with van der Waals surface area (Å²) in [4.78, 5) is 0. The van der Waals surface area contributed by atoms with E-state index in [1.807, 2.05) is 12.1 Å². The number of rotatable bonds is 3. The van der Waals surface area contributed by atoms with Crippen molar-refractivity contribution in [2.24, 2.45) is 5.73 Å². The van der Waals surface area contributed by atoms with E-state index >= 15 is 0 Å². The van der Waals surface area contributed by atoms with Gasteiger partial charge in [0.15, 0.2) is 0 Å². The van der Waals surface area contributed by atoms with Crippen molar-refractivity contribution in [2.75, 3.05) is 25.1 Å². The van der Waals surface area contributed by atoms with Crippen molar-refractivity contribution in [3.63, 3.8) is 0 Å². The molecular weight excluding hydrogens is 204 g/mol. The van der Waals surface area contributed by atoms with E-state index in [1.165, 1.54) is 0 Å². The fourth-order valence-electron chi connectivity index (χ4n) is 2.01. The zero-order valence-corrected chi connectivity index (χ0v) is 9.28. The summed E-state index contributed by atoms with van der Waals surface area (Å²) in [5.74, 6) is 0.271. The highest BCUT2D eigenvalue weighted by atomic mass is 16.5. The van der Waals surface area contributed by atoms with Gasteiger partial charge in [-0.1, -0.05) is 0 Å². The molecule has 16 heavy (non-hydrogen) atoms. The molecule has 4 N–H and O–H groups in total. The SMILES string of the molecule is NCC1(Nc2ccc(O)cc2)CCCOC1. The molecule has 1 saturated heterocycles. The average molecular weight is 222 g/mol. The Hall–Kier alpha value is -1.26. The first-order valence-corrected chi connectivity index (χ1v) is 5.59. The van der Waals surface area contributed by atoms with Gasteiger partial charge < -0.3 is 20.9 Å². The summed E-state index contributed by atoms with van der Waals surface area (Å²) in [5.41, 5.74) is 6.63. The summed E-state index contributed by atoms with van der Waals surface area (Å²) >= 11 is 0. The molecule has 1 aromatic carbocycles.